The first-order valence-electron chi connectivity index (χ1n) is 9.64. The molecule has 1 N–H and O–H groups in total. The zero-order chi connectivity index (χ0) is 20.1. The van der Waals surface area contributed by atoms with Crippen LogP contribution in [0.4, 0.5) is 0 Å². The third kappa shape index (κ3) is 4.98. The number of hydrogen-bond acceptors (Lipinski definition) is 6. The third-order valence-electron chi connectivity index (χ3n) is 5.17. The Morgan fingerprint density at radius 2 is 2.07 bits per heavy atom. The molecule has 2 atom stereocenters. The van der Waals surface area contributed by atoms with Crippen LogP contribution >= 0.6 is 0 Å². The Morgan fingerprint density at radius 3 is 2.75 bits per heavy atom. The summed E-state index contributed by atoms with van der Waals surface area (Å²) in [4.78, 5) is 17.5. The molecule has 1 fully saturated rings. The molecule has 1 saturated heterocycles. The van der Waals surface area contributed by atoms with E-state index in [1.807, 2.05) is 6.07 Å². The number of carbonyl (C=O) groups excluding carboxylic acids is 1. The van der Waals surface area contributed by atoms with E-state index in [0.717, 1.165) is 26.2 Å². The number of rotatable bonds is 8. The van der Waals surface area contributed by atoms with Gasteiger partial charge in [-0.15, -0.1) is 0 Å². The Balaban J connectivity index is 1.70. The third-order valence-corrected chi connectivity index (χ3v) is 5.17. The molecule has 152 valence electrons. The van der Waals surface area contributed by atoms with Crippen LogP contribution in [0.15, 0.2) is 34.9 Å². The van der Waals surface area contributed by atoms with Gasteiger partial charge >= 0.3 is 0 Å². The Morgan fingerprint density at radius 1 is 1.32 bits per heavy atom. The molecule has 1 amide bonds. The summed E-state index contributed by atoms with van der Waals surface area (Å²) in [5, 5.41) is 7.15. The van der Waals surface area contributed by atoms with Crippen molar-refractivity contribution in [2.75, 3.05) is 40.8 Å². The van der Waals surface area contributed by atoms with E-state index in [1.54, 1.807) is 14.0 Å². The smallest absolute Gasteiger partial charge is 0.274 e. The minimum Gasteiger partial charge on any atom is -0.380 e. The van der Waals surface area contributed by atoms with Gasteiger partial charge in [-0.05, 0) is 26.6 Å². The highest BCUT2D eigenvalue weighted by atomic mass is 16.5. The molecular weight excluding hydrogens is 356 g/mol. The monoisotopic (exact) mass is 386 g/mol. The molecule has 7 heteroatoms. The van der Waals surface area contributed by atoms with Crippen LogP contribution in [0.1, 0.15) is 27.4 Å². The number of ether oxygens (including phenoxy) is 1. The quantitative estimate of drug-likeness (QED) is 0.747. The zero-order valence-electron chi connectivity index (χ0n) is 17.1. The van der Waals surface area contributed by atoms with E-state index in [-0.39, 0.29) is 11.9 Å². The number of benzene rings is 1. The second-order valence-electron chi connectivity index (χ2n) is 7.78. The molecular formula is C21H30N4O3. The van der Waals surface area contributed by atoms with Gasteiger partial charge in [0.25, 0.3) is 5.91 Å². The summed E-state index contributed by atoms with van der Waals surface area (Å²) in [5.74, 6) is 0.773. The standard InChI is InChI=1S/C21H30N4O3/c1-15-18(14-27-4)20(23-28-15)21(26)22-19-13-25(12-17(19)11-24(2)3)10-16-8-6-5-7-9-16/h5-9,17,19H,10-14H2,1-4H3,(H,22,26)/t17-,19-/m1/s1. The molecule has 1 aromatic heterocycles. The van der Waals surface area contributed by atoms with Crippen molar-refractivity contribution in [2.24, 2.45) is 5.92 Å². The van der Waals surface area contributed by atoms with Crippen LogP contribution in [-0.2, 0) is 17.9 Å². The molecule has 1 aliphatic heterocycles. The van der Waals surface area contributed by atoms with Crippen LogP contribution in [0.25, 0.3) is 0 Å². The first-order chi connectivity index (χ1) is 13.5. The van der Waals surface area contributed by atoms with Crippen LogP contribution in [-0.4, -0.2) is 67.7 Å². The average Bonchev–Trinajstić information content (AvgIpc) is 3.19. The second kappa shape index (κ2) is 9.32. The average molecular weight is 386 g/mol. The van der Waals surface area contributed by atoms with Gasteiger partial charge < -0.3 is 19.5 Å². The molecule has 0 bridgehead atoms. The topological polar surface area (TPSA) is 70.8 Å². The number of aromatic nitrogens is 1. The number of likely N-dealkylation sites (tertiary alicyclic amines) is 1. The molecule has 0 unspecified atom stereocenters. The van der Waals surface area contributed by atoms with Crippen LogP contribution in [0.5, 0.6) is 0 Å². The van der Waals surface area contributed by atoms with Crippen LogP contribution in [0, 0.1) is 12.8 Å². The van der Waals surface area contributed by atoms with Crippen molar-refractivity contribution in [3.8, 4) is 0 Å². The van der Waals surface area contributed by atoms with Crippen molar-refractivity contribution in [1.82, 2.24) is 20.3 Å². The highest BCUT2D eigenvalue weighted by Crippen LogP contribution is 2.22. The molecule has 7 nitrogen and oxygen atoms in total. The van der Waals surface area contributed by atoms with E-state index >= 15 is 0 Å². The summed E-state index contributed by atoms with van der Waals surface area (Å²) < 4.78 is 10.4. The van der Waals surface area contributed by atoms with E-state index in [0.29, 0.717) is 29.5 Å². The van der Waals surface area contributed by atoms with Crippen LogP contribution in [0.2, 0.25) is 0 Å². The van der Waals surface area contributed by atoms with Gasteiger partial charge in [-0.1, -0.05) is 35.5 Å². The Bertz CT molecular complexity index is 775. The van der Waals surface area contributed by atoms with Crippen molar-refractivity contribution in [1.29, 1.82) is 0 Å². The van der Waals surface area contributed by atoms with Gasteiger partial charge in [0, 0.05) is 45.2 Å². The summed E-state index contributed by atoms with van der Waals surface area (Å²) in [5.41, 5.74) is 2.32. The molecule has 2 heterocycles. The highest BCUT2D eigenvalue weighted by Gasteiger charge is 2.35. The Hall–Kier alpha value is -2.22. The molecule has 1 aliphatic rings. The number of hydrogen-bond donors (Lipinski definition) is 1. The molecule has 0 saturated carbocycles. The molecule has 1 aromatic carbocycles. The molecule has 0 aliphatic carbocycles. The fourth-order valence-electron chi connectivity index (χ4n) is 3.87. The summed E-state index contributed by atoms with van der Waals surface area (Å²) in [7, 11) is 5.73. The van der Waals surface area contributed by atoms with E-state index in [2.05, 4.69) is 58.6 Å². The van der Waals surface area contributed by atoms with E-state index < -0.39 is 0 Å². The maximum atomic E-state index is 12.9. The number of amides is 1. The maximum Gasteiger partial charge on any atom is 0.274 e. The van der Waals surface area contributed by atoms with Crippen molar-refractivity contribution in [3.05, 3.63) is 52.9 Å². The Kier molecular flexibility index (Phi) is 6.83. The summed E-state index contributed by atoms with van der Waals surface area (Å²) in [6, 6.07) is 10.5. The predicted molar refractivity (Wildman–Crippen MR) is 107 cm³/mol. The second-order valence-corrected chi connectivity index (χ2v) is 7.78. The van der Waals surface area contributed by atoms with Gasteiger partial charge in [-0.25, -0.2) is 0 Å². The number of nitrogens with one attached hydrogen (secondary N) is 1. The lowest BCUT2D eigenvalue weighted by molar-refractivity contribution is 0.0913. The first kappa shape index (κ1) is 20.5. The van der Waals surface area contributed by atoms with Gasteiger partial charge in [0.2, 0.25) is 0 Å². The molecule has 0 radical (unpaired) electrons. The summed E-state index contributed by atoms with van der Waals surface area (Å²) in [6.45, 7) is 5.67. The lowest BCUT2D eigenvalue weighted by Gasteiger charge is -2.22. The number of aryl methyl sites for hydroxylation is 1. The lowest BCUT2D eigenvalue weighted by Crippen LogP contribution is -2.43. The van der Waals surface area contributed by atoms with E-state index in [1.165, 1.54) is 5.56 Å². The summed E-state index contributed by atoms with van der Waals surface area (Å²) >= 11 is 0. The lowest BCUT2D eigenvalue weighted by atomic mass is 10.0. The normalized spacial score (nSPS) is 20.0. The van der Waals surface area contributed by atoms with Gasteiger partial charge in [-0.3, -0.25) is 9.69 Å². The fraction of sp³-hybridized carbons (Fsp3) is 0.524. The fourth-order valence-corrected chi connectivity index (χ4v) is 3.87. The largest absolute Gasteiger partial charge is 0.380 e. The number of methoxy groups -OCH3 is 1. The zero-order valence-corrected chi connectivity index (χ0v) is 17.1. The van der Waals surface area contributed by atoms with Gasteiger partial charge in [0.15, 0.2) is 5.69 Å². The van der Waals surface area contributed by atoms with Gasteiger partial charge in [-0.2, -0.15) is 0 Å². The molecule has 3 rings (SSSR count). The summed E-state index contributed by atoms with van der Waals surface area (Å²) in [6.07, 6.45) is 0. The van der Waals surface area contributed by atoms with Crippen LogP contribution in [0.3, 0.4) is 0 Å². The highest BCUT2D eigenvalue weighted by molar-refractivity contribution is 5.94. The predicted octanol–water partition coefficient (Wildman–Crippen LogP) is 1.92. The van der Waals surface area contributed by atoms with Gasteiger partial charge in [0.05, 0.1) is 12.2 Å². The van der Waals surface area contributed by atoms with Crippen LogP contribution < -0.4 is 5.32 Å². The minimum absolute atomic E-state index is 0.0611. The number of carbonyl (C=O) groups is 1. The van der Waals surface area contributed by atoms with Crippen molar-refractivity contribution in [3.63, 3.8) is 0 Å². The number of nitrogens with zero attached hydrogens (tertiary/aromatic N) is 3. The molecule has 0 spiro atoms. The van der Waals surface area contributed by atoms with E-state index in [9.17, 15) is 4.79 Å². The van der Waals surface area contributed by atoms with Crippen molar-refractivity contribution >= 4 is 5.91 Å². The van der Waals surface area contributed by atoms with Gasteiger partial charge in [0.1, 0.15) is 5.76 Å². The van der Waals surface area contributed by atoms with Crippen molar-refractivity contribution < 1.29 is 14.1 Å². The molecule has 2 aromatic rings. The maximum absolute atomic E-state index is 12.9. The first-order valence-corrected chi connectivity index (χ1v) is 9.64. The van der Waals surface area contributed by atoms with E-state index in [4.69, 9.17) is 9.26 Å². The van der Waals surface area contributed by atoms with Crippen molar-refractivity contribution in [2.45, 2.75) is 26.1 Å². The Labute approximate surface area is 166 Å². The minimum atomic E-state index is -0.195. The SMILES string of the molecule is COCc1c(C(=O)N[C@@H]2CN(Cc3ccccc3)C[C@H]2CN(C)C)noc1C. The molecule has 28 heavy (non-hydrogen) atoms.